The number of benzene rings is 1. The molecule has 0 amide bonds. The van der Waals surface area contributed by atoms with Gasteiger partial charge >= 0.3 is 0 Å². The molecule has 0 spiro atoms. The second kappa shape index (κ2) is 5.06. The lowest BCUT2D eigenvalue weighted by Gasteiger charge is -2.08. The molecular formula is C14H15N5. The molecule has 2 heterocycles. The zero-order valence-corrected chi connectivity index (χ0v) is 10.7. The van der Waals surface area contributed by atoms with Gasteiger partial charge in [-0.2, -0.15) is 5.10 Å². The number of imidazole rings is 1. The molecule has 2 N–H and O–H groups in total. The van der Waals surface area contributed by atoms with E-state index in [0.717, 1.165) is 40.9 Å². The van der Waals surface area contributed by atoms with Gasteiger partial charge in [-0.05, 0) is 6.92 Å². The van der Waals surface area contributed by atoms with Crippen molar-refractivity contribution in [3.05, 3.63) is 48.2 Å². The number of hydrogen-bond donors (Lipinski definition) is 2. The topological polar surface area (TPSA) is 66.5 Å². The summed E-state index contributed by atoms with van der Waals surface area (Å²) >= 11 is 0. The number of H-pyrrole nitrogens is 1. The third-order valence-corrected chi connectivity index (χ3v) is 3.11. The minimum Gasteiger partial charge on any atom is -0.368 e. The minimum absolute atomic E-state index is 0.796. The Kier molecular flexibility index (Phi) is 3.10. The van der Waals surface area contributed by atoms with E-state index in [0.29, 0.717) is 0 Å². The van der Waals surface area contributed by atoms with E-state index in [9.17, 15) is 0 Å². The first-order valence-corrected chi connectivity index (χ1v) is 6.28. The van der Waals surface area contributed by atoms with E-state index in [4.69, 9.17) is 0 Å². The van der Waals surface area contributed by atoms with Crippen LogP contribution in [0, 0.1) is 6.92 Å². The summed E-state index contributed by atoms with van der Waals surface area (Å²) in [5, 5.41) is 14.0. The number of fused-ring (bicyclic) bond motifs is 1. The smallest absolute Gasteiger partial charge is 0.156 e. The van der Waals surface area contributed by atoms with E-state index in [-0.39, 0.29) is 0 Å². The van der Waals surface area contributed by atoms with Crippen molar-refractivity contribution in [2.45, 2.75) is 13.3 Å². The number of aromatic nitrogens is 4. The molecule has 0 aliphatic rings. The molecule has 0 aliphatic heterocycles. The van der Waals surface area contributed by atoms with Crippen LogP contribution < -0.4 is 5.32 Å². The fourth-order valence-corrected chi connectivity index (χ4v) is 2.11. The second-order valence-electron chi connectivity index (χ2n) is 4.43. The van der Waals surface area contributed by atoms with E-state index >= 15 is 0 Å². The maximum atomic E-state index is 4.24. The van der Waals surface area contributed by atoms with Crippen LogP contribution in [0.15, 0.2) is 36.8 Å². The molecule has 0 radical (unpaired) electrons. The number of aryl methyl sites for hydroxylation is 1. The summed E-state index contributed by atoms with van der Waals surface area (Å²) in [6.07, 6.45) is 4.40. The number of nitrogens with one attached hydrogen (secondary N) is 2. The van der Waals surface area contributed by atoms with Crippen LogP contribution in [-0.2, 0) is 6.42 Å². The largest absolute Gasteiger partial charge is 0.368 e. The zero-order chi connectivity index (χ0) is 13.1. The first-order valence-electron chi connectivity index (χ1n) is 6.28. The van der Waals surface area contributed by atoms with Crippen LogP contribution in [0.2, 0.25) is 0 Å². The fraction of sp³-hybridized carbons (Fsp3) is 0.214. The van der Waals surface area contributed by atoms with Gasteiger partial charge in [-0.1, -0.05) is 24.3 Å². The average molecular weight is 253 g/mol. The molecule has 5 nitrogen and oxygen atoms in total. The Morgan fingerprint density at radius 1 is 1.16 bits per heavy atom. The minimum atomic E-state index is 0.796. The molecule has 0 aliphatic carbocycles. The molecule has 0 saturated heterocycles. The summed E-state index contributed by atoms with van der Waals surface area (Å²) in [5.41, 5.74) is 2.06. The van der Waals surface area contributed by atoms with Gasteiger partial charge in [0.1, 0.15) is 0 Å². The summed E-state index contributed by atoms with van der Waals surface area (Å²) in [6.45, 7) is 2.77. The molecule has 2 aromatic heterocycles. The van der Waals surface area contributed by atoms with Gasteiger partial charge in [0.2, 0.25) is 0 Å². The highest BCUT2D eigenvalue weighted by Gasteiger charge is 2.05. The van der Waals surface area contributed by atoms with Crippen LogP contribution >= 0.6 is 0 Å². The number of anilines is 1. The predicted octanol–water partition coefficient (Wildman–Crippen LogP) is 2.32. The maximum Gasteiger partial charge on any atom is 0.156 e. The summed E-state index contributed by atoms with van der Waals surface area (Å²) < 4.78 is 0. The first kappa shape index (κ1) is 11.6. The summed E-state index contributed by atoms with van der Waals surface area (Å²) in [7, 11) is 0. The average Bonchev–Trinajstić information content (AvgIpc) is 2.95. The van der Waals surface area contributed by atoms with Gasteiger partial charge in [0, 0.05) is 35.6 Å². The molecule has 96 valence electrons. The Balaban J connectivity index is 1.79. The van der Waals surface area contributed by atoms with Crippen molar-refractivity contribution < 1.29 is 0 Å². The molecule has 0 bridgehead atoms. The zero-order valence-electron chi connectivity index (χ0n) is 10.7. The fourth-order valence-electron chi connectivity index (χ4n) is 2.11. The summed E-state index contributed by atoms with van der Waals surface area (Å²) in [4.78, 5) is 7.08. The summed E-state index contributed by atoms with van der Waals surface area (Å²) in [5.74, 6) is 0.834. The van der Waals surface area contributed by atoms with Gasteiger partial charge in [-0.15, -0.1) is 5.10 Å². The normalized spacial score (nSPS) is 10.8. The van der Waals surface area contributed by atoms with Gasteiger partial charge in [-0.25, -0.2) is 4.98 Å². The number of aromatic amines is 1. The van der Waals surface area contributed by atoms with Gasteiger partial charge in [-0.3, -0.25) is 0 Å². The lowest BCUT2D eigenvalue weighted by molar-refractivity contribution is 0.941. The Labute approximate surface area is 111 Å². The highest BCUT2D eigenvalue weighted by atomic mass is 15.2. The molecule has 3 rings (SSSR count). The number of hydrogen-bond acceptors (Lipinski definition) is 4. The van der Waals surface area contributed by atoms with Crippen LogP contribution in [0.4, 0.5) is 5.82 Å². The first-order chi connectivity index (χ1) is 9.34. The van der Waals surface area contributed by atoms with Crippen molar-refractivity contribution in [3.8, 4) is 0 Å². The monoisotopic (exact) mass is 253 g/mol. The van der Waals surface area contributed by atoms with Gasteiger partial charge in [0.25, 0.3) is 0 Å². The van der Waals surface area contributed by atoms with Crippen molar-refractivity contribution in [3.63, 3.8) is 0 Å². The molecule has 0 unspecified atom stereocenters. The molecule has 0 atom stereocenters. The quantitative estimate of drug-likeness (QED) is 0.748. The Bertz CT molecular complexity index is 675. The predicted molar refractivity (Wildman–Crippen MR) is 75.1 cm³/mol. The molecule has 0 fully saturated rings. The van der Waals surface area contributed by atoms with Crippen LogP contribution in [0.1, 0.15) is 11.4 Å². The Morgan fingerprint density at radius 3 is 2.79 bits per heavy atom. The van der Waals surface area contributed by atoms with Crippen molar-refractivity contribution in [1.29, 1.82) is 0 Å². The molecule has 19 heavy (non-hydrogen) atoms. The highest BCUT2D eigenvalue weighted by Crippen LogP contribution is 2.21. The molecule has 5 heteroatoms. The van der Waals surface area contributed by atoms with E-state index in [1.54, 1.807) is 6.33 Å². The summed E-state index contributed by atoms with van der Waals surface area (Å²) in [6, 6.07) is 8.17. The van der Waals surface area contributed by atoms with Gasteiger partial charge in [0.15, 0.2) is 5.82 Å². The lowest BCUT2D eigenvalue weighted by atomic mass is 10.1. The van der Waals surface area contributed by atoms with Crippen molar-refractivity contribution >= 4 is 16.6 Å². The standard InChI is InChI=1S/C14H15N5/c1-10-12-4-2-3-5-13(12)14(19-18-10)16-7-6-11-8-15-9-17-11/h2-5,8-9H,6-7H2,1H3,(H,15,17)(H,16,19). The van der Waals surface area contributed by atoms with Crippen molar-refractivity contribution in [2.75, 3.05) is 11.9 Å². The van der Waals surface area contributed by atoms with E-state index in [2.05, 4.69) is 37.6 Å². The maximum absolute atomic E-state index is 4.24. The number of rotatable bonds is 4. The lowest BCUT2D eigenvalue weighted by Crippen LogP contribution is -2.08. The van der Waals surface area contributed by atoms with Crippen LogP contribution in [0.3, 0.4) is 0 Å². The SMILES string of the molecule is Cc1nnc(NCCc2cnc[nH]2)c2ccccc12. The molecule has 0 saturated carbocycles. The number of nitrogens with zero attached hydrogens (tertiary/aromatic N) is 3. The Hall–Kier alpha value is -2.43. The van der Waals surface area contributed by atoms with Crippen molar-refractivity contribution in [1.82, 2.24) is 20.2 Å². The van der Waals surface area contributed by atoms with Gasteiger partial charge in [0.05, 0.1) is 12.0 Å². The molecule has 1 aromatic carbocycles. The van der Waals surface area contributed by atoms with Crippen LogP contribution in [0.25, 0.3) is 10.8 Å². The van der Waals surface area contributed by atoms with Crippen LogP contribution in [-0.4, -0.2) is 26.7 Å². The molecular weight excluding hydrogens is 238 g/mol. The van der Waals surface area contributed by atoms with Crippen LogP contribution in [0.5, 0.6) is 0 Å². The Morgan fingerprint density at radius 2 is 2.00 bits per heavy atom. The van der Waals surface area contributed by atoms with E-state index in [1.807, 2.05) is 25.3 Å². The molecule has 3 aromatic rings. The van der Waals surface area contributed by atoms with E-state index < -0.39 is 0 Å². The second-order valence-corrected chi connectivity index (χ2v) is 4.43. The van der Waals surface area contributed by atoms with Gasteiger partial charge < -0.3 is 10.3 Å². The third-order valence-electron chi connectivity index (χ3n) is 3.11. The third kappa shape index (κ3) is 2.40. The highest BCUT2D eigenvalue weighted by molar-refractivity contribution is 5.92. The van der Waals surface area contributed by atoms with E-state index in [1.165, 1.54) is 0 Å². The van der Waals surface area contributed by atoms with Crippen molar-refractivity contribution in [2.24, 2.45) is 0 Å².